The summed E-state index contributed by atoms with van der Waals surface area (Å²) >= 11 is 0. The molecular weight excluding hydrogens is 591 g/mol. The minimum absolute atomic E-state index is 1.18. The zero-order chi connectivity index (χ0) is 32.1. The molecule has 0 radical (unpaired) electrons. The van der Waals surface area contributed by atoms with Crippen molar-refractivity contribution in [2.24, 2.45) is 0 Å². The molecule has 0 N–H and O–H groups in total. The summed E-state index contributed by atoms with van der Waals surface area (Å²) in [5, 5.41) is 18.2. The Bertz CT molecular complexity index is 3150. The van der Waals surface area contributed by atoms with Gasteiger partial charge in [0, 0.05) is 21.8 Å². The van der Waals surface area contributed by atoms with Gasteiger partial charge in [0.15, 0.2) is 0 Å². The Morgan fingerprint density at radius 2 is 0.755 bits per heavy atom. The average molecular weight is 620 g/mol. The zero-order valence-corrected chi connectivity index (χ0v) is 26.7. The van der Waals surface area contributed by atoms with Crippen molar-refractivity contribution in [1.82, 2.24) is 4.57 Å². The summed E-state index contributed by atoms with van der Waals surface area (Å²) in [5.74, 6) is 0. The SMILES string of the molecule is c1ccc(-n2c3ccc(-c4ccc5c(c4)c4ccccc4c4c6ccccc6c6ccccc6c54)cc3c3ccc4ccccc4c32)cc1. The molecule has 49 heavy (non-hydrogen) atoms. The monoisotopic (exact) mass is 619 g/mol. The second-order valence-electron chi connectivity index (χ2n) is 13.2. The minimum Gasteiger partial charge on any atom is -0.309 e. The van der Waals surface area contributed by atoms with E-state index in [2.05, 4.69) is 180 Å². The van der Waals surface area contributed by atoms with Gasteiger partial charge >= 0.3 is 0 Å². The van der Waals surface area contributed by atoms with Gasteiger partial charge in [-0.25, -0.2) is 0 Å². The van der Waals surface area contributed by atoms with Crippen molar-refractivity contribution < 1.29 is 0 Å². The lowest BCUT2D eigenvalue weighted by Gasteiger charge is -2.17. The van der Waals surface area contributed by atoms with Crippen LogP contribution in [-0.4, -0.2) is 4.57 Å². The molecule has 0 bridgehead atoms. The molecule has 11 aromatic rings. The lowest BCUT2D eigenvalue weighted by atomic mass is 9.86. The topological polar surface area (TPSA) is 4.93 Å². The lowest BCUT2D eigenvalue weighted by molar-refractivity contribution is 1.19. The summed E-state index contributed by atoms with van der Waals surface area (Å²) < 4.78 is 2.44. The number of hydrogen-bond donors (Lipinski definition) is 0. The largest absolute Gasteiger partial charge is 0.309 e. The van der Waals surface area contributed by atoms with Crippen LogP contribution in [0.3, 0.4) is 0 Å². The second kappa shape index (κ2) is 10.0. The summed E-state index contributed by atoms with van der Waals surface area (Å²) in [6.45, 7) is 0. The number of hydrogen-bond acceptors (Lipinski definition) is 0. The van der Waals surface area contributed by atoms with E-state index in [0.717, 1.165) is 0 Å². The fourth-order valence-corrected chi connectivity index (χ4v) is 8.61. The van der Waals surface area contributed by atoms with Crippen LogP contribution in [0.25, 0.3) is 103 Å². The van der Waals surface area contributed by atoms with E-state index in [1.165, 1.54) is 103 Å². The number of fused-ring (bicyclic) bond motifs is 16. The third-order valence-electron chi connectivity index (χ3n) is 10.7. The van der Waals surface area contributed by atoms with E-state index in [1.54, 1.807) is 0 Å². The quantitative estimate of drug-likeness (QED) is 0.170. The third-order valence-corrected chi connectivity index (χ3v) is 10.7. The molecule has 0 amide bonds. The Labute approximate surface area is 282 Å². The van der Waals surface area contributed by atoms with Gasteiger partial charge in [0.2, 0.25) is 0 Å². The first-order chi connectivity index (χ1) is 24.3. The predicted octanol–water partition coefficient (Wildman–Crippen LogP) is 13.4. The second-order valence-corrected chi connectivity index (χ2v) is 13.2. The predicted molar refractivity (Wildman–Crippen MR) is 211 cm³/mol. The molecule has 0 aliphatic rings. The van der Waals surface area contributed by atoms with E-state index in [0.29, 0.717) is 0 Å². The molecule has 1 nitrogen and oxygen atoms in total. The van der Waals surface area contributed by atoms with Gasteiger partial charge in [0.1, 0.15) is 0 Å². The molecule has 11 rings (SSSR count). The molecule has 0 saturated carbocycles. The third kappa shape index (κ3) is 3.70. The summed E-state index contributed by atoms with van der Waals surface area (Å²) in [6.07, 6.45) is 0. The van der Waals surface area contributed by atoms with Crippen LogP contribution in [0, 0.1) is 0 Å². The van der Waals surface area contributed by atoms with Crippen LogP contribution in [0.2, 0.25) is 0 Å². The van der Waals surface area contributed by atoms with Crippen molar-refractivity contribution in [3.05, 3.63) is 176 Å². The van der Waals surface area contributed by atoms with Crippen molar-refractivity contribution in [3.63, 3.8) is 0 Å². The number of nitrogens with zero attached hydrogens (tertiary/aromatic N) is 1. The van der Waals surface area contributed by atoms with Crippen LogP contribution < -0.4 is 0 Å². The first-order valence-electron chi connectivity index (χ1n) is 17.0. The highest BCUT2D eigenvalue weighted by atomic mass is 15.0. The summed E-state index contributed by atoms with van der Waals surface area (Å²) in [4.78, 5) is 0. The Hall–Kier alpha value is -6.44. The fourth-order valence-electron chi connectivity index (χ4n) is 8.61. The number of rotatable bonds is 2. The minimum atomic E-state index is 1.18. The zero-order valence-electron chi connectivity index (χ0n) is 26.7. The Kier molecular flexibility index (Phi) is 5.45. The van der Waals surface area contributed by atoms with E-state index >= 15 is 0 Å². The van der Waals surface area contributed by atoms with Gasteiger partial charge < -0.3 is 4.57 Å². The van der Waals surface area contributed by atoms with E-state index in [1.807, 2.05) is 0 Å². The molecular formula is C48H29N. The molecule has 1 heteroatoms. The normalized spacial score (nSPS) is 12.1. The molecule has 0 spiro atoms. The highest BCUT2D eigenvalue weighted by Gasteiger charge is 2.18. The van der Waals surface area contributed by atoms with Gasteiger partial charge in [-0.1, -0.05) is 146 Å². The first kappa shape index (κ1) is 26.6. The first-order valence-corrected chi connectivity index (χ1v) is 17.0. The molecule has 0 saturated heterocycles. The van der Waals surface area contributed by atoms with Crippen molar-refractivity contribution >= 4 is 86.4 Å². The molecule has 1 aromatic heterocycles. The average Bonchev–Trinajstić information content (AvgIpc) is 3.52. The lowest BCUT2D eigenvalue weighted by Crippen LogP contribution is -1.94. The van der Waals surface area contributed by atoms with Crippen LogP contribution in [-0.2, 0) is 0 Å². The van der Waals surface area contributed by atoms with Crippen LogP contribution in [0.15, 0.2) is 176 Å². The van der Waals surface area contributed by atoms with Gasteiger partial charge in [-0.2, -0.15) is 0 Å². The van der Waals surface area contributed by atoms with Crippen LogP contribution in [0.4, 0.5) is 0 Å². The molecule has 0 atom stereocenters. The molecule has 226 valence electrons. The van der Waals surface area contributed by atoms with Crippen molar-refractivity contribution in [1.29, 1.82) is 0 Å². The highest BCUT2D eigenvalue weighted by Crippen LogP contribution is 2.45. The number of aromatic nitrogens is 1. The maximum absolute atomic E-state index is 2.44. The van der Waals surface area contributed by atoms with Gasteiger partial charge in [-0.3, -0.25) is 0 Å². The van der Waals surface area contributed by atoms with Crippen molar-refractivity contribution in [2.45, 2.75) is 0 Å². The summed E-state index contributed by atoms with van der Waals surface area (Å²) in [6, 6.07) is 65.0. The Morgan fingerprint density at radius 3 is 1.41 bits per heavy atom. The van der Waals surface area contributed by atoms with Crippen LogP contribution in [0.1, 0.15) is 0 Å². The van der Waals surface area contributed by atoms with E-state index < -0.39 is 0 Å². The van der Waals surface area contributed by atoms with Gasteiger partial charge in [-0.15, -0.1) is 0 Å². The Balaban J connectivity index is 1.23. The standard InChI is InChI=1S/C48H29N/c1-2-13-33(14-3-1)49-45-27-24-32(29-44(45)42-26-22-30-12-4-5-15-34(30)48(42)49)31-23-25-41-43(28-31)37-18-8-11-21-40(37)46-38-19-9-6-16-35(38)36-17-7-10-20-39(36)47(41)46/h1-29H. The van der Waals surface area contributed by atoms with E-state index in [9.17, 15) is 0 Å². The van der Waals surface area contributed by atoms with E-state index in [4.69, 9.17) is 0 Å². The molecule has 0 fully saturated rings. The molecule has 0 unspecified atom stereocenters. The fraction of sp³-hybridized carbons (Fsp3) is 0. The summed E-state index contributed by atoms with van der Waals surface area (Å²) in [5.41, 5.74) is 6.10. The van der Waals surface area contributed by atoms with Gasteiger partial charge in [0.25, 0.3) is 0 Å². The number of benzene rings is 10. The number of para-hydroxylation sites is 1. The summed E-state index contributed by atoms with van der Waals surface area (Å²) in [7, 11) is 0. The van der Waals surface area contributed by atoms with Gasteiger partial charge in [0.05, 0.1) is 11.0 Å². The van der Waals surface area contributed by atoms with Gasteiger partial charge in [-0.05, 0) is 101 Å². The van der Waals surface area contributed by atoms with E-state index in [-0.39, 0.29) is 0 Å². The molecule has 10 aromatic carbocycles. The Morgan fingerprint density at radius 1 is 0.286 bits per heavy atom. The van der Waals surface area contributed by atoms with Crippen LogP contribution >= 0.6 is 0 Å². The maximum atomic E-state index is 2.44. The van der Waals surface area contributed by atoms with Crippen molar-refractivity contribution in [2.75, 3.05) is 0 Å². The highest BCUT2D eigenvalue weighted by molar-refractivity contribution is 6.39. The van der Waals surface area contributed by atoms with Crippen molar-refractivity contribution in [3.8, 4) is 16.8 Å². The smallest absolute Gasteiger partial charge is 0.0619 e. The molecule has 0 aliphatic heterocycles. The molecule has 1 heterocycles. The molecule has 0 aliphatic carbocycles. The maximum Gasteiger partial charge on any atom is 0.0619 e. The van der Waals surface area contributed by atoms with Crippen LogP contribution in [0.5, 0.6) is 0 Å².